The van der Waals surface area contributed by atoms with Crippen LogP contribution in [0.5, 0.6) is 0 Å². The first-order valence-electron chi connectivity index (χ1n) is 8.46. The molecule has 5 nitrogen and oxygen atoms in total. The fourth-order valence-electron chi connectivity index (χ4n) is 2.53. The first-order chi connectivity index (χ1) is 13.4. The van der Waals surface area contributed by atoms with Gasteiger partial charge in [0.1, 0.15) is 5.82 Å². The van der Waals surface area contributed by atoms with Gasteiger partial charge in [-0.2, -0.15) is 0 Å². The highest BCUT2D eigenvalue weighted by molar-refractivity contribution is 9.10. The summed E-state index contributed by atoms with van der Waals surface area (Å²) < 4.78 is 16.4. The molecule has 1 aromatic heterocycles. The molecule has 0 fully saturated rings. The summed E-state index contributed by atoms with van der Waals surface area (Å²) in [6.07, 6.45) is 0. The Labute approximate surface area is 179 Å². The minimum absolute atomic E-state index is 0.0856. The Bertz CT molecular complexity index is 1030. The second-order valence-electron chi connectivity index (χ2n) is 5.98. The lowest BCUT2D eigenvalue weighted by atomic mass is 10.1. The summed E-state index contributed by atoms with van der Waals surface area (Å²) in [5, 5.41) is 12.3. The van der Waals surface area contributed by atoms with Crippen molar-refractivity contribution in [2.45, 2.75) is 25.5 Å². The largest absolute Gasteiger partial charge is 0.323 e. The van der Waals surface area contributed by atoms with E-state index in [4.69, 9.17) is 11.6 Å². The number of thioether (sulfide) groups is 1. The number of rotatable bonds is 6. The lowest BCUT2D eigenvalue weighted by molar-refractivity contribution is -0.113. The summed E-state index contributed by atoms with van der Waals surface area (Å²) >= 11 is 10.6. The highest BCUT2D eigenvalue weighted by Crippen LogP contribution is 2.27. The van der Waals surface area contributed by atoms with Crippen LogP contribution in [0.1, 0.15) is 12.5 Å². The van der Waals surface area contributed by atoms with Gasteiger partial charge in [-0.15, -0.1) is 10.2 Å². The van der Waals surface area contributed by atoms with Crippen LogP contribution >= 0.6 is 39.3 Å². The molecule has 1 heterocycles. The number of carbonyl (C=O) groups excluding carboxylic acids is 1. The molecule has 0 bridgehead atoms. The fraction of sp³-hybridized carbons (Fsp3) is 0.211. The van der Waals surface area contributed by atoms with Crippen LogP contribution in [-0.4, -0.2) is 26.4 Å². The maximum Gasteiger partial charge on any atom is 0.234 e. The smallest absolute Gasteiger partial charge is 0.234 e. The van der Waals surface area contributed by atoms with Gasteiger partial charge in [0.05, 0.1) is 11.4 Å². The molecule has 0 aliphatic heterocycles. The summed E-state index contributed by atoms with van der Waals surface area (Å²) in [7, 11) is 0. The Kier molecular flexibility index (Phi) is 6.74. The second-order valence-corrected chi connectivity index (χ2v) is 8.24. The Morgan fingerprint density at radius 3 is 2.75 bits per heavy atom. The van der Waals surface area contributed by atoms with Crippen molar-refractivity contribution in [1.82, 2.24) is 14.8 Å². The van der Waals surface area contributed by atoms with Gasteiger partial charge in [0.25, 0.3) is 0 Å². The van der Waals surface area contributed by atoms with Gasteiger partial charge in [0.15, 0.2) is 11.0 Å². The van der Waals surface area contributed by atoms with Gasteiger partial charge in [-0.1, -0.05) is 51.4 Å². The molecule has 1 N–H and O–H groups in total. The number of anilines is 1. The van der Waals surface area contributed by atoms with E-state index in [2.05, 4.69) is 31.4 Å². The molecule has 0 spiro atoms. The van der Waals surface area contributed by atoms with Gasteiger partial charge >= 0.3 is 0 Å². The number of nitrogens with one attached hydrogen (secondary N) is 1. The third-order valence-electron chi connectivity index (χ3n) is 4.00. The van der Waals surface area contributed by atoms with Crippen molar-refractivity contribution in [1.29, 1.82) is 0 Å². The van der Waals surface area contributed by atoms with Crippen molar-refractivity contribution in [3.05, 3.63) is 57.3 Å². The van der Waals surface area contributed by atoms with Gasteiger partial charge in [-0.05, 0) is 43.7 Å². The minimum atomic E-state index is -0.497. The molecular formula is C19H17BrClFN4OS. The van der Waals surface area contributed by atoms with E-state index in [1.165, 1.54) is 23.9 Å². The number of hydrogen-bond donors (Lipinski definition) is 1. The first kappa shape index (κ1) is 20.8. The van der Waals surface area contributed by atoms with Crippen LogP contribution in [0.2, 0.25) is 5.02 Å². The number of carbonyl (C=O) groups is 1. The summed E-state index contributed by atoms with van der Waals surface area (Å²) in [6.45, 7) is 4.55. The van der Waals surface area contributed by atoms with Crippen LogP contribution in [0, 0.1) is 12.7 Å². The fourth-order valence-corrected chi connectivity index (χ4v) is 3.85. The normalized spacial score (nSPS) is 10.9. The predicted molar refractivity (Wildman–Crippen MR) is 114 cm³/mol. The Morgan fingerprint density at radius 2 is 2.07 bits per heavy atom. The summed E-state index contributed by atoms with van der Waals surface area (Å²) in [6, 6.07) is 10.2. The summed E-state index contributed by atoms with van der Waals surface area (Å²) in [4.78, 5) is 12.2. The number of benzene rings is 2. The van der Waals surface area contributed by atoms with Crippen molar-refractivity contribution in [2.24, 2.45) is 0 Å². The average Bonchev–Trinajstić information content (AvgIpc) is 3.07. The number of amides is 1. The van der Waals surface area contributed by atoms with Crippen LogP contribution in [0.25, 0.3) is 11.4 Å². The molecular weight excluding hydrogens is 467 g/mol. The maximum absolute atomic E-state index is 13.9. The average molecular weight is 484 g/mol. The highest BCUT2D eigenvalue weighted by atomic mass is 79.9. The van der Waals surface area contributed by atoms with Crippen LogP contribution < -0.4 is 5.32 Å². The number of halogens is 3. The van der Waals surface area contributed by atoms with E-state index < -0.39 is 5.82 Å². The van der Waals surface area contributed by atoms with Gasteiger partial charge in [0.2, 0.25) is 5.91 Å². The molecule has 146 valence electrons. The first-order valence-corrected chi connectivity index (χ1v) is 10.6. The van der Waals surface area contributed by atoms with E-state index in [1.54, 1.807) is 6.07 Å². The third kappa shape index (κ3) is 4.74. The van der Waals surface area contributed by atoms with Crippen molar-refractivity contribution < 1.29 is 9.18 Å². The molecule has 1 amide bonds. The van der Waals surface area contributed by atoms with Gasteiger partial charge in [-0.3, -0.25) is 4.79 Å². The summed E-state index contributed by atoms with van der Waals surface area (Å²) in [5.41, 5.74) is 1.98. The lowest BCUT2D eigenvalue weighted by Crippen LogP contribution is -2.15. The van der Waals surface area contributed by atoms with Crippen molar-refractivity contribution in [2.75, 3.05) is 11.1 Å². The predicted octanol–water partition coefficient (Wildman–Crippen LogP) is 5.56. The Morgan fingerprint density at radius 1 is 1.29 bits per heavy atom. The lowest BCUT2D eigenvalue weighted by Gasteiger charge is -2.09. The standard InChI is InChI=1S/C19H17BrClFN4OS/c1-3-26-18(12-5-4-11(2)14(21)8-12)24-25-19(26)28-10-17(27)23-16-7-6-13(20)9-15(16)22/h4-9H,3,10H2,1-2H3,(H,23,27). The van der Waals surface area contributed by atoms with Gasteiger partial charge in [-0.25, -0.2) is 4.39 Å². The molecule has 0 aliphatic rings. The Hall–Kier alpha value is -1.90. The zero-order valence-electron chi connectivity index (χ0n) is 15.2. The van der Waals surface area contributed by atoms with E-state index in [0.717, 1.165) is 11.1 Å². The van der Waals surface area contributed by atoms with Gasteiger partial charge < -0.3 is 9.88 Å². The molecule has 0 radical (unpaired) electrons. The van der Waals surface area contributed by atoms with E-state index in [1.807, 2.05) is 36.6 Å². The topological polar surface area (TPSA) is 59.8 Å². The summed E-state index contributed by atoms with van der Waals surface area (Å²) in [5.74, 6) is -0.0477. The molecule has 0 saturated carbocycles. The van der Waals surface area contributed by atoms with E-state index >= 15 is 0 Å². The second kappa shape index (κ2) is 9.07. The highest BCUT2D eigenvalue weighted by Gasteiger charge is 2.16. The molecule has 0 saturated heterocycles. The van der Waals surface area contributed by atoms with Crippen LogP contribution in [0.3, 0.4) is 0 Å². The maximum atomic E-state index is 13.9. The molecule has 3 rings (SSSR count). The van der Waals surface area contributed by atoms with E-state index in [-0.39, 0.29) is 17.3 Å². The molecule has 28 heavy (non-hydrogen) atoms. The molecule has 0 atom stereocenters. The quantitative estimate of drug-likeness (QED) is 0.466. The van der Waals surface area contributed by atoms with Crippen molar-refractivity contribution in [3.63, 3.8) is 0 Å². The molecule has 2 aromatic carbocycles. The molecule has 0 aliphatic carbocycles. The minimum Gasteiger partial charge on any atom is -0.323 e. The third-order valence-corrected chi connectivity index (χ3v) is 5.87. The molecule has 3 aromatic rings. The van der Waals surface area contributed by atoms with Crippen LogP contribution in [0.4, 0.5) is 10.1 Å². The zero-order valence-corrected chi connectivity index (χ0v) is 18.3. The monoisotopic (exact) mass is 482 g/mol. The van der Waals surface area contributed by atoms with Crippen molar-refractivity contribution in [3.8, 4) is 11.4 Å². The Balaban J connectivity index is 1.71. The molecule has 0 unspecified atom stereocenters. The molecule has 9 heteroatoms. The van der Waals surface area contributed by atoms with E-state index in [9.17, 15) is 9.18 Å². The number of hydrogen-bond acceptors (Lipinski definition) is 4. The number of nitrogens with zero attached hydrogens (tertiary/aromatic N) is 3. The van der Waals surface area contributed by atoms with Crippen LogP contribution in [-0.2, 0) is 11.3 Å². The number of aryl methyl sites for hydroxylation is 1. The van der Waals surface area contributed by atoms with Gasteiger partial charge in [0, 0.05) is 21.6 Å². The van der Waals surface area contributed by atoms with Crippen LogP contribution in [0.15, 0.2) is 46.0 Å². The van der Waals surface area contributed by atoms with Crippen molar-refractivity contribution >= 4 is 50.9 Å². The zero-order chi connectivity index (χ0) is 20.3. The van der Waals surface area contributed by atoms with E-state index in [0.29, 0.717) is 27.0 Å². The number of aromatic nitrogens is 3. The SMILES string of the molecule is CCn1c(SCC(=O)Nc2ccc(Br)cc2F)nnc1-c1ccc(C)c(Cl)c1.